The number of hydrogen-bond donors (Lipinski definition) is 3. The molecule has 0 saturated heterocycles. The lowest BCUT2D eigenvalue weighted by atomic mass is 10.0. The standard InChI is InChI=1S/C11H12F3N3O/c1-5(15)10(18)9-7-3-2-6(11(12,13)14)4-8(7)16-17-9/h2-5,10,18H,15H2,1H3,(H,16,17). The van der Waals surface area contributed by atoms with Crippen molar-refractivity contribution >= 4 is 10.9 Å². The third-order valence-corrected chi connectivity index (χ3v) is 2.71. The van der Waals surface area contributed by atoms with Crippen LogP contribution in [0.5, 0.6) is 0 Å². The molecule has 4 nitrogen and oxygen atoms in total. The predicted octanol–water partition coefficient (Wildman–Crippen LogP) is 1.96. The molecule has 0 aliphatic carbocycles. The molecular weight excluding hydrogens is 247 g/mol. The Balaban J connectivity index is 2.50. The Hall–Kier alpha value is -1.60. The molecular formula is C11H12F3N3O. The van der Waals surface area contributed by atoms with Crippen LogP contribution in [0.2, 0.25) is 0 Å². The van der Waals surface area contributed by atoms with E-state index in [1.807, 2.05) is 0 Å². The summed E-state index contributed by atoms with van der Waals surface area (Å²) in [6, 6.07) is 2.62. The van der Waals surface area contributed by atoms with Crippen LogP contribution < -0.4 is 5.73 Å². The number of aromatic nitrogens is 2. The first-order valence-corrected chi connectivity index (χ1v) is 5.29. The first-order chi connectivity index (χ1) is 8.30. The summed E-state index contributed by atoms with van der Waals surface area (Å²) in [6.45, 7) is 1.60. The summed E-state index contributed by atoms with van der Waals surface area (Å²) < 4.78 is 37.5. The number of nitrogens with zero attached hydrogens (tertiary/aromatic N) is 1. The molecule has 7 heteroatoms. The van der Waals surface area contributed by atoms with Gasteiger partial charge < -0.3 is 10.8 Å². The highest BCUT2D eigenvalue weighted by molar-refractivity contribution is 5.82. The molecule has 0 aliphatic rings. The van der Waals surface area contributed by atoms with Crippen molar-refractivity contribution in [2.75, 3.05) is 0 Å². The molecule has 2 atom stereocenters. The molecule has 0 saturated carbocycles. The van der Waals surface area contributed by atoms with Crippen LogP contribution in [0, 0.1) is 0 Å². The number of halogens is 3. The molecule has 18 heavy (non-hydrogen) atoms. The molecule has 1 aromatic heterocycles. The van der Waals surface area contributed by atoms with Crippen molar-refractivity contribution in [3.63, 3.8) is 0 Å². The molecule has 2 unspecified atom stereocenters. The monoisotopic (exact) mass is 259 g/mol. The fourth-order valence-corrected chi connectivity index (χ4v) is 1.70. The molecule has 0 amide bonds. The van der Waals surface area contributed by atoms with Crippen LogP contribution in [0.1, 0.15) is 24.3 Å². The molecule has 2 aromatic rings. The summed E-state index contributed by atoms with van der Waals surface area (Å²) in [7, 11) is 0. The maximum absolute atomic E-state index is 12.5. The first kappa shape index (κ1) is 12.8. The smallest absolute Gasteiger partial charge is 0.385 e. The topological polar surface area (TPSA) is 74.9 Å². The second-order valence-electron chi connectivity index (χ2n) is 4.17. The van der Waals surface area contributed by atoms with Crippen LogP contribution in [-0.4, -0.2) is 21.3 Å². The molecule has 1 heterocycles. The van der Waals surface area contributed by atoms with Gasteiger partial charge in [-0.05, 0) is 19.1 Å². The Kier molecular flexibility index (Phi) is 3.04. The van der Waals surface area contributed by atoms with Gasteiger partial charge in [0.15, 0.2) is 0 Å². The van der Waals surface area contributed by atoms with Gasteiger partial charge in [-0.25, -0.2) is 0 Å². The van der Waals surface area contributed by atoms with E-state index in [-0.39, 0.29) is 5.52 Å². The quantitative estimate of drug-likeness (QED) is 0.771. The van der Waals surface area contributed by atoms with Crippen LogP contribution in [0.4, 0.5) is 13.2 Å². The maximum Gasteiger partial charge on any atom is 0.416 e. The number of aliphatic hydroxyl groups excluding tert-OH is 1. The lowest BCUT2D eigenvalue weighted by Crippen LogP contribution is -2.24. The zero-order chi connectivity index (χ0) is 13.5. The predicted molar refractivity (Wildman–Crippen MR) is 59.7 cm³/mol. The minimum atomic E-state index is -4.41. The van der Waals surface area contributed by atoms with Crippen molar-refractivity contribution < 1.29 is 18.3 Å². The van der Waals surface area contributed by atoms with E-state index in [1.165, 1.54) is 6.07 Å². The maximum atomic E-state index is 12.5. The van der Waals surface area contributed by atoms with E-state index in [4.69, 9.17) is 5.73 Å². The highest BCUT2D eigenvalue weighted by Crippen LogP contribution is 2.32. The first-order valence-electron chi connectivity index (χ1n) is 5.29. The second kappa shape index (κ2) is 4.25. The van der Waals surface area contributed by atoms with Gasteiger partial charge in [0.05, 0.1) is 16.8 Å². The average Bonchev–Trinajstić information content (AvgIpc) is 2.69. The van der Waals surface area contributed by atoms with Crippen LogP contribution in [-0.2, 0) is 6.18 Å². The van der Waals surface area contributed by atoms with Gasteiger partial charge >= 0.3 is 6.18 Å². The number of fused-ring (bicyclic) bond motifs is 1. The zero-order valence-corrected chi connectivity index (χ0v) is 9.49. The molecule has 0 bridgehead atoms. The summed E-state index contributed by atoms with van der Waals surface area (Å²) in [4.78, 5) is 0. The molecule has 0 aliphatic heterocycles. The molecule has 1 aromatic carbocycles. The van der Waals surface area contributed by atoms with Crippen molar-refractivity contribution in [1.29, 1.82) is 0 Å². The Bertz CT molecular complexity index is 562. The van der Waals surface area contributed by atoms with E-state index < -0.39 is 23.9 Å². The SMILES string of the molecule is CC(N)C(O)c1[nH]nc2cc(C(F)(F)F)ccc12. The van der Waals surface area contributed by atoms with Crippen LogP contribution >= 0.6 is 0 Å². The van der Waals surface area contributed by atoms with Gasteiger partial charge in [0.25, 0.3) is 0 Å². The van der Waals surface area contributed by atoms with Crippen molar-refractivity contribution in [2.24, 2.45) is 5.73 Å². The third kappa shape index (κ3) is 2.19. The summed E-state index contributed by atoms with van der Waals surface area (Å²) in [6.07, 6.45) is -5.40. The number of aromatic amines is 1. The summed E-state index contributed by atoms with van der Waals surface area (Å²) >= 11 is 0. The van der Waals surface area contributed by atoms with Crippen LogP contribution in [0.25, 0.3) is 10.9 Å². The van der Waals surface area contributed by atoms with E-state index in [0.29, 0.717) is 11.1 Å². The molecule has 0 spiro atoms. The molecule has 98 valence electrons. The molecule has 2 rings (SSSR count). The number of nitrogens with one attached hydrogen (secondary N) is 1. The van der Waals surface area contributed by atoms with Gasteiger partial charge in [-0.3, -0.25) is 5.10 Å². The summed E-state index contributed by atoms with van der Waals surface area (Å²) in [5.41, 5.74) is 5.24. The highest BCUT2D eigenvalue weighted by Gasteiger charge is 2.31. The Morgan fingerprint density at radius 1 is 1.39 bits per heavy atom. The number of alkyl halides is 3. The largest absolute Gasteiger partial charge is 0.416 e. The van der Waals surface area contributed by atoms with E-state index in [1.54, 1.807) is 6.92 Å². The van der Waals surface area contributed by atoms with E-state index >= 15 is 0 Å². The number of nitrogens with two attached hydrogens (primary N) is 1. The Morgan fingerprint density at radius 3 is 2.61 bits per heavy atom. The van der Waals surface area contributed by atoms with Gasteiger partial charge in [0.1, 0.15) is 6.10 Å². The minimum Gasteiger partial charge on any atom is -0.385 e. The second-order valence-corrected chi connectivity index (χ2v) is 4.17. The van der Waals surface area contributed by atoms with E-state index in [2.05, 4.69) is 10.2 Å². The number of benzene rings is 1. The third-order valence-electron chi connectivity index (χ3n) is 2.71. The van der Waals surface area contributed by atoms with Gasteiger partial charge in [-0.1, -0.05) is 6.07 Å². The van der Waals surface area contributed by atoms with Gasteiger partial charge in [0.2, 0.25) is 0 Å². The van der Waals surface area contributed by atoms with Gasteiger partial charge in [-0.15, -0.1) is 0 Å². The average molecular weight is 259 g/mol. The lowest BCUT2D eigenvalue weighted by molar-refractivity contribution is -0.137. The van der Waals surface area contributed by atoms with E-state index in [9.17, 15) is 18.3 Å². The summed E-state index contributed by atoms with van der Waals surface area (Å²) in [5, 5.41) is 16.5. The van der Waals surface area contributed by atoms with Crippen molar-refractivity contribution in [2.45, 2.75) is 25.2 Å². The molecule has 0 radical (unpaired) electrons. The van der Waals surface area contributed by atoms with Crippen molar-refractivity contribution in [3.05, 3.63) is 29.5 Å². The molecule has 4 N–H and O–H groups in total. The number of H-pyrrole nitrogens is 1. The number of rotatable bonds is 2. The van der Waals surface area contributed by atoms with Gasteiger partial charge in [-0.2, -0.15) is 18.3 Å². The number of aliphatic hydroxyl groups is 1. The van der Waals surface area contributed by atoms with Gasteiger partial charge in [0, 0.05) is 11.4 Å². The van der Waals surface area contributed by atoms with Crippen molar-refractivity contribution in [3.8, 4) is 0 Å². The van der Waals surface area contributed by atoms with E-state index in [0.717, 1.165) is 12.1 Å². The Morgan fingerprint density at radius 2 is 2.06 bits per heavy atom. The normalized spacial score (nSPS) is 15.9. The summed E-state index contributed by atoms with van der Waals surface area (Å²) in [5.74, 6) is 0. The van der Waals surface area contributed by atoms with Crippen molar-refractivity contribution in [1.82, 2.24) is 10.2 Å². The fourth-order valence-electron chi connectivity index (χ4n) is 1.70. The zero-order valence-electron chi connectivity index (χ0n) is 9.49. The van der Waals surface area contributed by atoms with Crippen LogP contribution in [0.3, 0.4) is 0 Å². The number of hydrogen-bond acceptors (Lipinski definition) is 3. The minimum absolute atomic E-state index is 0.152. The van der Waals surface area contributed by atoms with Crippen LogP contribution in [0.15, 0.2) is 18.2 Å². The molecule has 0 fully saturated rings. The highest BCUT2D eigenvalue weighted by atomic mass is 19.4. The fraction of sp³-hybridized carbons (Fsp3) is 0.364. The lowest BCUT2D eigenvalue weighted by Gasteiger charge is -2.12. The Labute approximate surface area is 101 Å².